The average Bonchev–Trinajstić information content (AvgIpc) is 3.20. The van der Waals surface area contributed by atoms with E-state index in [0.717, 1.165) is 5.56 Å². The maximum atomic E-state index is 13.1. The molecule has 33 heavy (non-hydrogen) atoms. The number of hydrogen-bond donors (Lipinski definition) is 1. The minimum Gasteiger partial charge on any atom is -0.337 e. The van der Waals surface area contributed by atoms with Crippen LogP contribution in [0.4, 0.5) is 0 Å². The monoisotopic (exact) mass is 492 g/mol. The molecule has 2 atom stereocenters. The van der Waals surface area contributed by atoms with Gasteiger partial charge >= 0.3 is 0 Å². The smallest absolute Gasteiger partial charge is 0.241 e. The third-order valence-corrected chi connectivity index (χ3v) is 9.28. The molecule has 2 unspecified atom stereocenters. The van der Waals surface area contributed by atoms with Gasteiger partial charge in [-0.05, 0) is 55.0 Å². The van der Waals surface area contributed by atoms with E-state index in [9.17, 15) is 21.6 Å². The first-order valence-corrected chi connectivity index (χ1v) is 14.2. The molecule has 2 aromatic rings. The number of sulfonamides is 1. The minimum absolute atomic E-state index is 0.0831. The Hall–Kier alpha value is -2.23. The summed E-state index contributed by atoms with van der Waals surface area (Å²) in [5, 5.41) is 0. The zero-order chi connectivity index (χ0) is 24.4. The summed E-state index contributed by atoms with van der Waals surface area (Å²) in [6.45, 7) is 8.02. The highest BCUT2D eigenvalue weighted by Gasteiger charge is 2.36. The van der Waals surface area contributed by atoms with Crippen molar-refractivity contribution in [1.29, 1.82) is 0 Å². The van der Waals surface area contributed by atoms with E-state index in [-0.39, 0.29) is 21.0 Å². The first-order chi connectivity index (χ1) is 15.3. The second-order valence-electron chi connectivity index (χ2n) is 9.54. The van der Waals surface area contributed by atoms with Crippen LogP contribution in [0.15, 0.2) is 64.4 Å². The summed E-state index contributed by atoms with van der Waals surface area (Å²) in [6.07, 6.45) is 1.24. The van der Waals surface area contributed by atoms with Crippen molar-refractivity contribution in [2.45, 2.75) is 67.8 Å². The van der Waals surface area contributed by atoms with Gasteiger partial charge in [0, 0.05) is 12.6 Å². The number of benzene rings is 2. The molecule has 1 aliphatic heterocycles. The molecule has 0 radical (unpaired) electrons. The lowest BCUT2D eigenvalue weighted by Crippen LogP contribution is -2.49. The lowest BCUT2D eigenvalue weighted by atomic mass is 9.87. The molecular weight excluding hydrogens is 460 g/mol. The summed E-state index contributed by atoms with van der Waals surface area (Å²) in [4.78, 5) is 14.9. The Morgan fingerprint density at radius 2 is 1.61 bits per heavy atom. The quantitative estimate of drug-likeness (QED) is 0.640. The molecular formula is C24H32N2O5S2. The first-order valence-electron chi connectivity index (χ1n) is 11.0. The van der Waals surface area contributed by atoms with Crippen LogP contribution in [0.2, 0.25) is 0 Å². The molecule has 0 aliphatic carbocycles. The van der Waals surface area contributed by atoms with Crippen molar-refractivity contribution < 1.29 is 21.6 Å². The fourth-order valence-electron chi connectivity index (χ4n) is 4.01. The molecule has 1 saturated heterocycles. The van der Waals surface area contributed by atoms with Crippen LogP contribution in [0.25, 0.3) is 0 Å². The van der Waals surface area contributed by atoms with Gasteiger partial charge in [0.2, 0.25) is 15.9 Å². The van der Waals surface area contributed by atoms with E-state index in [1.165, 1.54) is 36.1 Å². The van der Waals surface area contributed by atoms with Crippen LogP contribution in [-0.2, 0) is 30.1 Å². The number of rotatable bonds is 7. The second-order valence-corrected chi connectivity index (χ2v) is 13.3. The van der Waals surface area contributed by atoms with Crippen LogP contribution < -0.4 is 4.72 Å². The molecule has 9 heteroatoms. The van der Waals surface area contributed by atoms with Gasteiger partial charge in [-0.3, -0.25) is 4.79 Å². The fraction of sp³-hybridized carbons (Fsp3) is 0.458. The largest absolute Gasteiger partial charge is 0.337 e. The molecule has 7 nitrogen and oxygen atoms in total. The number of amides is 1. The van der Waals surface area contributed by atoms with Crippen molar-refractivity contribution in [2.75, 3.05) is 12.3 Å². The zero-order valence-corrected chi connectivity index (χ0v) is 21.1. The highest BCUT2D eigenvalue weighted by Crippen LogP contribution is 2.25. The van der Waals surface area contributed by atoms with Gasteiger partial charge in [0.1, 0.15) is 0 Å². The summed E-state index contributed by atoms with van der Waals surface area (Å²) in [7, 11) is -7.47. The van der Waals surface area contributed by atoms with Crippen molar-refractivity contribution in [2.24, 2.45) is 0 Å². The van der Waals surface area contributed by atoms with Crippen LogP contribution >= 0.6 is 0 Å². The van der Waals surface area contributed by atoms with Crippen molar-refractivity contribution in [3.63, 3.8) is 0 Å². The van der Waals surface area contributed by atoms with E-state index in [4.69, 9.17) is 0 Å². The van der Waals surface area contributed by atoms with Gasteiger partial charge in [-0.25, -0.2) is 16.8 Å². The lowest BCUT2D eigenvalue weighted by Gasteiger charge is -2.27. The Bertz CT molecular complexity index is 1190. The highest BCUT2D eigenvalue weighted by atomic mass is 32.2. The van der Waals surface area contributed by atoms with Crippen LogP contribution in [-0.4, -0.2) is 52.0 Å². The standard InChI is InChI=1S/C24H32N2O5S2/c1-18(25-33(30,31)22-14-12-19(13-15-22)24(2,3)4)23(27)26-16-8-9-20(26)17-32(28,29)21-10-6-5-7-11-21/h5-7,10-15,18,20,25H,8-9,16-17H2,1-4H3. The number of carbonyl (C=O) groups excluding carboxylic acids is 1. The Balaban J connectivity index is 1.70. The summed E-state index contributed by atoms with van der Waals surface area (Å²) in [5.74, 6) is -0.605. The van der Waals surface area contributed by atoms with Crippen molar-refractivity contribution >= 4 is 25.8 Å². The number of sulfone groups is 1. The van der Waals surface area contributed by atoms with Gasteiger partial charge in [0.15, 0.2) is 9.84 Å². The zero-order valence-electron chi connectivity index (χ0n) is 19.5. The number of nitrogens with one attached hydrogen (secondary N) is 1. The maximum absolute atomic E-state index is 13.1. The SMILES string of the molecule is CC(NS(=O)(=O)c1ccc(C(C)(C)C)cc1)C(=O)N1CCCC1CS(=O)(=O)c1ccccc1. The lowest BCUT2D eigenvalue weighted by molar-refractivity contribution is -0.133. The molecule has 0 aromatic heterocycles. The molecule has 180 valence electrons. The summed E-state index contributed by atoms with van der Waals surface area (Å²) in [5.41, 5.74) is 0.897. The van der Waals surface area contributed by atoms with Gasteiger partial charge in [-0.15, -0.1) is 0 Å². The normalized spacial score (nSPS) is 18.3. The molecule has 1 N–H and O–H groups in total. The summed E-state index contributed by atoms with van der Waals surface area (Å²) in [6, 6.07) is 13.3. The first kappa shape index (κ1) is 25.4. The van der Waals surface area contributed by atoms with Crippen molar-refractivity contribution in [3.05, 3.63) is 60.2 Å². The van der Waals surface area contributed by atoms with Gasteiger partial charge < -0.3 is 4.90 Å². The molecule has 1 heterocycles. The predicted octanol–water partition coefficient (Wildman–Crippen LogP) is 3.12. The number of likely N-dealkylation sites (tertiary alicyclic amines) is 1. The molecule has 1 fully saturated rings. The van der Waals surface area contributed by atoms with E-state index < -0.39 is 37.9 Å². The molecule has 0 spiro atoms. The van der Waals surface area contributed by atoms with Gasteiger partial charge in [-0.1, -0.05) is 51.1 Å². The topological polar surface area (TPSA) is 101 Å². The van der Waals surface area contributed by atoms with Gasteiger partial charge in [0.25, 0.3) is 0 Å². The van der Waals surface area contributed by atoms with Gasteiger partial charge in [0.05, 0.1) is 21.6 Å². The van der Waals surface area contributed by atoms with Crippen LogP contribution in [0.5, 0.6) is 0 Å². The third kappa shape index (κ3) is 6.02. The molecule has 2 aromatic carbocycles. The van der Waals surface area contributed by atoms with E-state index in [1.54, 1.807) is 30.3 Å². The van der Waals surface area contributed by atoms with E-state index in [1.807, 2.05) is 20.8 Å². The van der Waals surface area contributed by atoms with E-state index in [0.29, 0.717) is 19.4 Å². The Morgan fingerprint density at radius 1 is 1.00 bits per heavy atom. The maximum Gasteiger partial charge on any atom is 0.241 e. The summed E-state index contributed by atoms with van der Waals surface area (Å²) >= 11 is 0. The molecule has 0 bridgehead atoms. The second kappa shape index (κ2) is 9.56. The fourth-order valence-corrected chi connectivity index (χ4v) is 6.82. The molecule has 0 saturated carbocycles. The minimum atomic E-state index is -3.91. The summed E-state index contributed by atoms with van der Waals surface area (Å²) < 4.78 is 53.7. The van der Waals surface area contributed by atoms with E-state index >= 15 is 0 Å². The Labute approximate surface area is 197 Å². The molecule has 1 aliphatic rings. The molecule has 1 amide bonds. The van der Waals surface area contributed by atoms with Crippen LogP contribution in [0.1, 0.15) is 46.1 Å². The predicted molar refractivity (Wildman–Crippen MR) is 128 cm³/mol. The van der Waals surface area contributed by atoms with Crippen LogP contribution in [0.3, 0.4) is 0 Å². The Morgan fingerprint density at radius 3 is 2.18 bits per heavy atom. The van der Waals surface area contributed by atoms with Crippen LogP contribution in [0, 0.1) is 0 Å². The highest BCUT2D eigenvalue weighted by molar-refractivity contribution is 7.91. The Kier molecular flexibility index (Phi) is 7.36. The van der Waals surface area contributed by atoms with Crippen molar-refractivity contribution in [3.8, 4) is 0 Å². The number of hydrogen-bond acceptors (Lipinski definition) is 5. The van der Waals surface area contributed by atoms with E-state index in [2.05, 4.69) is 4.72 Å². The molecule has 3 rings (SSSR count). The van der Waals surface area contributed by atoms with Gasteiger partial charge in [-0.2, -0.15) is 4.72 Å². The van der Waals surface area contributed by atoms with Crippen molar-refractivity contribution in [1.82, 2.24) is 9.62 Å². The number of nitrogens with zero attached hydrogens (tertiary/aromatic N) is 1. The third-order valence-electron chi connectivity index (χ3n) is 5.91. The average molecular weight is 493 g/mol. The number of carbonyl (C=O) groups is 1.